The van der Waals surface area contributed by atoms with E-state index < -0.39 is 0 Å². The molecule has 112 valence electrons. The number of anilines is 4. The number of ether oxygens (including phenoxy) is 1. The van der Waals surface area contributed by atoms with Crippen molar-refractivity contribution in [1.82, 2.24) is 15.0 Å². The highest BCUT2D eigenvalue weighted by Gasteiger charge is 2.09. The molecule has 4 N–H and O–H groups in total. The fraction of sp³-hybridized carbons (Fsp3) is 0.250. The van der Waals surface area contributed by atoms with Crippen LogP contribution in [-0.2, 0) is 0 Å². The number of hydrogen-bond acceptors (Lipinski definition) is 8. The summed E-state index contributed by atoms with van der Waals surface area (Å²) in [7, 11) is 5.20. The van der Waals surface area contributed by atoms with Crippen LogP contribution in [0.3, 0.4) is 0 Å². The quantitative estimate of drug-likeness (QED) is 0.566. The molecule has 0 aliphatic carbocycles. The predicted octanol–water partition coefficient (Wildman–Crippen LogP) is 1.63. The Bertz CT molecular complexity index is 635. The first-order valence-corrected chi connectivity index (χ1v) is 6.42. The summed E-state index contributed by atoms with van der Waals surface area (Å²) in [6.45, 7) is 0. The van der Waals surface area contributed by atoms with Crippen LogP contribution in [0, 0.1) is 0 Å². The van der Waals surface area contributed by atoms with Gasteiger partial charge in [0.15, 0.2) is 0 Å². The minimum absolute atomic E-state index is 0.261. The summed E-state index contributed by atoms with van der Waals surface area (Å²) in [5.41, 5.74) is 3.14. The van der Waals surface area contributed by atoms with Gasteiger partial charge < -0.3 is 15.0 Å². The second-order valence-electron chi connectivity index (χ2n) is 4.30. The number of nitrogens with one attached hydrogen (secondary N) is 2. The fourth-order valence-electron chi connectivity index (χ4n) is 1.55. The molecule has 0 saturated heterocycles. The molecule has 8 nitrogen and oxygen atoms in total. The highest BCUT2D eigenvalue weighted by atomic mass is 35.5. The summed E-state index contributed by atoms with van der Waals surface area (Å²) in [5, 5.41) is 3.58. The van der Waals surface area contributed by atoms with E-state index in [1.54, 1.807) is 30.2 Å². The first-order valence-electron chi connectivity index (χ1n) is 6.04. The summed E-state index contributed by atoms with van der Waals surface area (Å²) in [5.74, 6) is 7.00. The molecule has 9 heteroatoms. The molecule has 0 bridgehead atoms. The van der Waals surface area contributed by atoms with Gasteiger partial charge in [-0.25, -0.2) is 5.84 Å². The Morgan fingerprint density at radius 3 is 2.52 bits per heavy atom. The number of methoxy groups -OCH3 is 1. The Kier molecular flexibility index (Phi) is 4.61. The van der Waals surface area contributed by atoms with Crippen LogP contribution in [0.4, 0.5) is 23.5 Å². The minimum atomic E-state index is 0.261. The van der Waals surface area contributed by atoms with Gasteiger partial charge in [0.05, 0.1) is 12.1 Å². The van der Waals surface area contributed by atoms with Gasteiger partial charge in [-0.1, -0.05) is 11.6 Å². The van der Waals surface area contributed by atoms with E-state index in [9.17, 15) is 0 Å². The van der Waals surface area contributed by atoms with E-state index in [-0.39, 0.29) is 5.95 Å². The van der Waals surface area contributed by atoms with Crippen molar-refractivity contribution in [2.75, 3.05) is 36.8 Å². The summed E-state index contributed by atoms with van der Waals surface area (Å²) >= 11 is 5.99. The lowest BCUT2D eigenvalue weighted by Crippen LogP contribution is -2.18. The van der Waals surface area contributed by atoms with Crippen molar-refractivity contribution >= 4 is 35.1 Å². The van der Waals surface area contributed by atoms with Crippen molar-refractivity contribution < 1.29 is 4.74 Å². The van der Waals surface area contributed by atoms with E-state index >= 15 is 0 Å². The number of rotatable bonds is 5. The van der Waals surface area contributed by atoms with Crippen LogP contribution >= 0.6 is 11.6 Å². The lowest BCUT2D eigenvalue weighted by molar-refractivity contribution is 0.415. The highest BCUT2D eigenvalue weighted by molar-refractivity contribution is 6.32. The van der Waals surface area contributed by atoms with Crippen LogP contribution in [-0.4, -0.2) is 36.2 Å². The van der Waals surface area contributed by atoms with E-state index in [0.29, 0.717) is 22.7 Å². The molecule has 1 aromatic carbocycles. The molecule has 1 aromatic heterocycles. The third-order valence-electron chi connectivity index (χ3n) is 2.56. The number of aromatic nitrogens is 3. The molecular formula is C12H16ClN7O. The largest absolute Gasteiger partial charge is 0.495 e. The van der Waals surface area contributed by atoms with Gasteiger partial charge in [0.2, 0.25) is 17.8 Å². The van der Waals surface area contributed by atoms with E-state index in [1.807, 2.05) is 14.1 Å². The number of benzene rings is 1. The SMILES string of the molecule is COc1cc(Nc2nc(NN)nc(N(C)C)n2)ccc1Cl. The van der Waals surface area contributed by atoms with Gasteiger partial charge in [0, 0.05) is 25.8 Å². The van der Waals surface area contributed by atoms with E-state index in [0.717, 1.165) is 5.69 Å². The van der Waals surface area contributed by atoms with Crippen LogP contribution in [0.25, 0.3) is 0 Å². The number of halogens is 1. The second-order valence-corrected chi connectivity index (χ2v) is 4.70. The van der Waals surface area contributed by atoms with Crippen molar-refractivity contribution in [2.45, 2.75) is 0 Å². The molecule has 0 radical (unpaired) electrons. The molecular weight excluding hydrogens is 294 g/mol. The summed E-state index contributed by atoms with van der Waals surface area (Å²) < 4.78 is 5.16. The van der Waals surface area contributed by atoms with Gasteiger partial charge in [-0.2, -0.15) is 15.0 Å². The fourth-order valence-corrected chi connectivity index (χ4v) is 1.75. The Labute approximate surface area is 127 Å². The molecule has 0 fully saturated rings. The van der Waals surface area contributed by atoms with Gasteiger partial charge >= 0.3 is 0 Å². The molecule has 21 heavy (non-hydrogen) atoms. The molecule has 2 aromatic rings. The van der Waals surface area contributed by atoms with Gasteiger partial charge in [-0.3, -0.25) is 5.43 Å². The van der Waals surface area contributed by atoms with E-state index in [2.05, 4.69) is 25.7 Å². The van der Waals surface area contributed by atoms with Crippen LogP contribution in [0.5, 0.6) is 5.75 Å². The molecule has 0 saturated carbocycles. The molecule has 2 rings (SSSR count). The Hall–Kier alpha value is -2.32. The van der Waals surface area contributed by atoms with Gasteiger partial charge in [0.1, 0.15) is 5.75 Å². The van der Waals surface area contributed by atoms with Crippen molar-refractivity contribution in [3.8, 4) is 5.75 Å². The van der Waals surface area contributed by atoms with Crippen molar-refractivity contribution in [2.24, 2.45) is 5.84 Å². The number of hydrazine groups is 1. The second kappa shape index (κ2) is 6.42. The van der Waals surface area contributed by atoms with Gasteiger partial charge in [0.25, 0.3) is 0 Å². The summed E-state index contributed by atoms with van der Waals surface area (Å²) in [4.78, 5) is 14.3. The van der Waals surface area contributed by atoms with Crippen molar-refractivity contribution in [3.05, 3.63) is 23.2 Å². The summed E-state index contributed by atoms with van der Waals surface area (Å²) in [6.07, 6.45) is 0. The topological polar surface area (TPSA) is 101 Å². The molecule has 0 aliphatic heterocycles. The molecule has 0 amide bonds. The lowest BCUT2D eigenvalue weighted by Gasteiger charge is -2.13. The van der Waals surface area contributed by atoms with Crippen LogP contribution in [0.1, 0.15) is 0 Å². The van der Waals surface area contributed by atoms with Crippen LogP contribution in [0.15, 0.2) is 18.2 Å². The number of nitrogens with zero attached hydrogens (tertiary/aromatic N) is 4. The summed E-state index contributed by atoms with van der Waals surface area (Å²) in [6, 6.07) is 5.26. The van der Waals surface area contributed by atoms with Crippen molar-refractivity contribution in [1.29, 1.82) is 0 Å². The van der Waals surface area contributed by atoms with Gasteiger partial charge in [-0.15, -0.1) is 0 Å². The zero-order valence-electron chi connectivity index (χ0n) is 11.9. The standard InChI is InChI=1S/C12H16ClN7O/c1-20(2)12-17-10(16-11(18-12)19-14)15-7-4-5-8(13)9(6-7)21-3/h4-6H,14H2,1-3H3,(H2,15,16,17,18,19). The van der Waals surface area contributed by atoms with Gasteiger partial charge in [-0.05, 0) is 12.1 Å². The minimum Gasteiger partial charge on any atom is -0.495 e. The number of nitrogens with two attached hydrogens (primary N) is 1. The first-order chi connectivity index (χ1) is 10.0. The maximum atomic E-state index is 5.99. The lowest BCUT2D eigenvalue weighted by atomic mass is 10.3. The monoisotopic (exact) mass is 309 g/mol. The number of nitrogen functional groups attached to an aromatic ring is 1. The van der Waals surface area contributed by atoms with E-state index in [1.165, 1.54) is 0 Å². The maximum Gasteiger partial charge on any atom is 0.243 e. The average Bonchev–Trinajstić information content (AvgIpc) is 2.48. The third kappa shape index (κ3) is 3.61. The molecule has 0 atom stereocenters. The first kappa shape index (κ1) is 15.1. The van der Waals surface area contributed by atoms with E-state index in [4.69, 9.17) is 22.2 Å². The smallest absolute Gasteiger partial charge is 0.243 e. The third-order valence-corrected chi connectivity index (χ3v) is 2.87. The average molecular weight is 310 g/mol. The van der Waals surface area contributed by atoms with Crippen molar-refractivity contribution in [3.63, 3.8) is 0 Å². The zero-order valence-corrected chi connectivity index (χ0v) is 12.6. The Morgan fingerprint density at radius 1 is 1.19 bits per heavy atom. The Balaban J connectivity index is 2.32. The predicted molar refractivity (Wildman–Crippen MR) is 83.3 cm³/mol. The normalized spacial score (nSPS) is 10.1. The molecule has 0 unspecified atom stereocenters. The maximum absolute atomic E-state index is 5.99. The number of hydrogen-bond donors (Lipinski definition) is 3. The Morgan fingerprint density at radius 2 is 1.90 bits per heavy atom. The highest BCUT2D eigenvalue weighted by Crippen LogP contribution is 2.28. The molecule has 1 heterocycles. The molecule has 0 aliphatic rings. The molecule has 0 spiro atoms. The van der Waals surface area contributed by atoms with Crippen LogP contribution < -0.4 is 26.2 Å². The van der Waals surface area contributed by atoms with Crippen LogP contribution in [0.2, 0.25) is 5.02 Å². The zero-order chi connectivity index (χ0) is 15.4.